The highest BCUT2D eigenvalue weighted by atomic mass is 15.2. The molecule has 0 amide bonds. The van der Waals surface area contributed by atoms with Crippen molar-refractivity contribution in [2.24, 2.45) is 0 Å². The number of nitrogens with zero attached hydrogens (tertiary/aromatic N) is 1. The number of likely N-dealkylation sites (N-methyl/N-ethyl adjacent to an activating group) is 1. The highest BCUT2D eigenvalue weighted by Gasteiger charge is 2.30. The molecule has 0 aromatic heterocycles. The van der Waals surface area contributed by atoms with Crippen molar-refractivity contribution in [3.63, 3.8) is 0 Å². The first-order valence-corrected chi connectivity index (χ1v) is 8.20. The molecular weight excluding hydrogens is 244 g/mol. The normalized spacial score (nSPS) is 16.6. The van der Waals surface area contributed by atoms with Gasteiger partial charge in [0.15, 0.2) is 0 Å². The van der Waals surface area contributed by atoms with E-state index in [4.69, 9.17) is 0 Å². The fourth-order valence-electron chi connectivity index (χ4n) is 3.12. The molecule has 1 aliphatic rings. The van der Waals surface area contributed by atoms with Crippen LogP contribution in [0.2, 0.25) is 0 Å². The minimum absolute atomic E-state index is 0.466. The van der Waals surface area contributed by atoms with Gasteiger partial charge >= 0.3 is 0 Å². The monoisotopic (exact) mass is 274 g/mol. The predicted molar refractivity (Wildman–Crippen MR) is 87.2 cm³/mol. The number of hydrogen-bond acceptors (Lipinski definition) is 2. The molecule has 1 fully saturated rings. The van der Waals surface area contributed by atoms with Gasteiger partial charge in [0, 0.05) is 18.6 Å². The van der Waals surface area contributed by atoms with Crippen LogP contribution in [-0.2, 0) is 0 Å². The quantitative estimate of drug-likeness (QED) is 0.775. The number of rotatable bonds is 8. The highest BCUT2D eigenvalue weighted by Crippen LogP contribution is 2.29. The molecule has 1 unspecified atom stereocenters. The Hall–Kier alpha value is -0.860. The molecule has 1 aromatic carbocycles. The third-order valence-electron chi connectivity index (χ3n) is 4.24. The van der Waals surface area contributed by atoms with E-state index in [1.165, 1.54) is 42.5 Å². The summed E-state index contributed by atoms with van der Waals surface area (Å²) in [5.41, 5.74) is 4.25. The van der Waals surface area contributed by atoms with Gasteiger partial charge in [-0.05, 0) is 57.3 Å². The van der Waals surface area contributed by atoms with Crippen LogP contribution in [0.15, 0.2) is 18.2 Å². The van der Waals surface area contributed by atoms with Crippen molar-refractivity contribution in [1.29, 1.82) is 0 Å². The number of aryl methyl sites for hydroxylation is 2. The lowest BCUT2D eigenvalue weighted by Crippen LogP contribution is -2.37. The average molecular weight is 274 g/mol. The first-order valence-electron chi connectivity index (χ1n) is 8.20. The first kappa shape index (κ1) is 15.5. The van der Waals surface area contributed by atoms with E-state index < -0.39 is 0 Å². The lowest BCUT2D eigenvalue weighted by molar-refractivity contribution is 0.234. The molecule has 0 bridgehead atoms. The number of nitrogens with one attached hydrogen (secondary N) is 1. The Bertz CT molecular complexity index is 423. The fourth-order valence-corrected chi connectivity index (χ4v) is 3.12. The number of benzene rings is 1. The van der Waals surface area contributed by atoms with Crippen LogP contribution >= 0.6 is 0 Å². The molecule has 0 radical (unpaired) electrons. The second kappa shape index (κ2) is 7.24. The Morgan fingerprint density at radius 3 is 2.55 bits per heavy atom. The van der Waals surface area contributed by atoms with E-state index in [1.54, 1.807) is 0 Å². The molecule has 20 heavy (non-hydrogen) atoms. The van der Waals surface area contributed by atoms with Crippen LogP contribution < -0.4 is 5.32 Å². The van der Waals surface area contributed by atoms with E-state index in [0.717, 1.165) is 19.1 Å². The van der Waals surface area contributed by atoms with E-state index in [9.17, 15) is 0 Å². The van der Waals surface area contributed by atoms with E-state index in [1.807, 2.05) is 0 Å². The van der Waals surface area contributed by atoms with E-state index in [2.05, 4.69) is 56.1 Å². The van der Waals surface area contributed by atoms with Crippen LogP contribution in [-0.4, -0.2) is 30.6 Å². The summed E-state index contributed by atoms with van der Waals surface area (Å²) in [5.74, 6) is 0. The van der Waals surface area contributed by atoms with Crippen molar-refractivity contribution in [2.45, 2.75) is 59.0 Å². The molecule has 112 valence electrons. The molecule has 0 spiro atoms. The smallest absolute Gasteiger partial charge is 0.0451 e. The second-order valence-electron chi connectivity index (χ2n) is 6.20. The lowest BCUT2D eigenvalue weighted by atomic mass is 9.98. The fraction of sp³-hybridized carbons (Fsp3) is 0.667. The molecule has 2 nitrogen and oxygen atoms in total. The Morgan fingerprint density at radius 2 is 2.00 bits per heavy atom. The van der Waals surface area contributed by atoms with Gasteiger partial charge in [0.05, 0.1) is 0 Å². The zero-order valence-corrected chi connectivity index (χ0v) is 13.6. The van der Waals surface area contributed by atoms with Gasteiger partial charge in [-0.15, -0.1) is 0 Å². The van der Waals surface area contributed by atoms with Gasteiger partial charge in [0.2, 0.25) is 0 Å². The molecule has 0 heterocycles. The van der Waals surface area contributed by atoms with Gasteiger partial charge in [-0.1, -0.05) is 37.6 Å². The Labute approximate surface area is 124 Å². The van der Waals surface area contributed by atoms with Gasteiger partial charge in [0.25, 0.3) is 0 Å². The molecule has 0 saturated heterocycles. The molecule has 2 rings (SSSR count). The van der Waals surface area contributed by atoms with Crippen molar-refractivity contribution in [1.82, 2.24) is 10.2 Å². The maximum Gasteiger partial charge on any atom is 0.0451 e. The van der Waals surface area contributed by atoms with Crippen LogP contribution in [0.3, 0.4) is 0 Å². The van der Waals surface area contributed by atoms with Crippen LogP contribution in [0.5, 0.6) is 0 Å². The second-order valence-corrected chi connectivity index (χ2v) is 6.20. The average Bonchev–Trinajstić information content (AvgIpc) is 3.22. The zero-order chi connectivity index (χ0) is 14.5. The van der Waals surface area contributed by atoms with Gasteiger partial charge in [-0.2, -0.15) is 0 Å². The summed E-state index contributed by atoms with van der Waals surface area (Å²) in [6, 6.07) is 8.18. The largest absolute Gasteiger partial charge is 0.309 e. The lowest BCUT2D eigenvalue weighted by Gasteiger charge is -2.29. The van der Waals surface area contributed by atoms with Crippen molar-refractivity contribution in [2.75, 3.05) is 19.6 Å². The van der Waals surface area contributed by atoms with Crippen LogP contribution in [0, 0.1) is 13.8 Å². The predicted octanol–water partition coefficient (Wildman–Crippen LogP) is 3.83. The summed E-state index contributed by atoms with van der Waals surface area (Å²) in [7, 11) is 0. The van der Waals surface area contributed by atoms with E-state index in [0.29, 0.717) is 6.04 Å². The molecule has 2 heteroatoms. The summed E-state index contributed by atoms with van der Waals surface area (Å²) < 4.78 is 0. The van der Waals surface area contributed by atoms with Crippen molar-refractivity contribution < 1.29 is 0 Å². The van der Waals surface area contributed by atoms with E-state index in [-0.39, 0.29) is 0 Å². The Morgan fingerprint density at radius 1 is 1.25 bits per heavy atom. The molecular formula is C18H30N2. The van der Waals surface area contributed by atoms with Crippen LogP contribution in [0.4, 0.5) is 0 Å². The zero-order valence-electron chi connectivity index (χ0n) is 13.6. The van der Waals surface area contributed by atoms with Crippen molar-refractivity contribution >= 4 is 0 Å². The molecule has 1 aromatic rings. The van der Waals surface area contributed by atoms with Crippen molar-refractivity contribution in [3.05, 3.63) is 34.9 Å². The molecule has 0 aliphatic heterocycles. The van der Waals surface area contributed by atoms with Gasteiger partial charge < -0.3 is 5.32 Å². The summed E-state index contributed by atoms with van der Waals surface area (Å²) in [6.07, 6.45) is 4.04. The van der Waals surface area contributed by atoms with Gasteiger partial charge in [-0.25, -0.2) is 0 Å². The molecule has 1 N–H and O–H groups in total. The van der Waals surface area contributed by atoms with Crippen LogP contribution in [0.1, 0.15) is 55.8 Å². The van der Waals surface area contributed by atoms with Gasteiger partial charge in [0.1, 0.15) is 0 Å². The number of hydrogen-bond donors (Lipinski definition) is 1. The molecule has 1 aliphatic carbocycles. The van der Waals surface area contributed by atoms with Crippen molar-refractivity contribution in [3.8, 4) is 0 Å². The minimum Gasteiger partial charge on any atom is -0.309 e. The maximum absolute atomic E-state index is 3.69. The first-order chi connectivity index (χ1) is 9.65. The standard InChI is InChI=1S/C18H30N2/c1-5-11-20(16-8-9-16)13-18(19-6-2)17-10-7-14(3)12-15(17)4/h7,10,12,16,18-19H,5-6,8-9,11,13H2,1-4H3. The maximum atomic E-state index is 3.69. The Balaban J connectivity index is 2.12. The van der Waals surface area contributed by atoms with E-state index >= 15 is 0 Å². The molecule has 1 atom stereocenters. The molecule has 1 saturated carbocycles. The third kappa shape index (κ3) is 4.07. The summed E-state index contributed by atoms with van der Waals surface area (Å²) in [4.78, 5) is 2.69. The van der Waals surface area contributed by atoms with Gasteiger partial charge in [-0.3, -0.25) is 4.90 Å². The third-order valence-corrected chi connectivity index (χ3v) is 4.24. The summed E-state index contributed by atoms with van der Waals surface area (Å²) in [5, 5.41) is 3.69. The highest BCUT2D eigenvalue weighted by molar-refractivity contribution is 5.33. The summed E-state index contributed by atoms with van der Waals surface area (Å²) in [6.45, 7) is 12.3. The summed E-state index contributed by atoms with van der Waals surface area (Å²) >= 11 is 0. The SMILES string of the molecule is CCCN(CC(NCC)c1ccc(C)cc1C)C1CC1. The van der Waals surface area contributed by atoms with Crippen LogP contribution in [0.25, 0.3) is 0 Å². The Kier molecular flexibility index (Phi) is 5.62. The topological polar surface area (TPSA) is 15.3 Å². The minimum atomic E-state index is 0.466.